The highest BCUT2D eigenvalue weighted by molar-refractivity contribution is 7.80. The van der Waals surface area contributed by atoms with Crippen LogP contribution in [0, 0.1) is 0 Å². The van der Waals surface area contributed by atoms with E-state index in [-0.39, 0.29) is 6.10 Å². The third-order valence-electron chi connectivity index (χ3n) is 4.21. The first-order valence-corrected chi connectivity index (χ1v) is 7.40. The number of aliphatic hydroxyl groups excluding tert-OH is 1. The Hall–Kier alpha value is -0.840. The lowest BCUT2D eigenvalue weighted by Gasteiger charge is -2.40. The average molecular weight is 297 g/mol. The largest absolute Gasteiger partial charge is 0.393 e. The summed E-state index contributed by atoms with van der Waals surface area (Å²) in [6.45, 7) is 0. The normalized spacial score (nSPS) is 29.6. The van der Waals surface area contributed by atoms with Crippen molar-refractivity contribution in [3.8, 4) is 0 Å². The maximum absolute atomic E-state index is 9.88. The number of aliphatic hydroxyl groups is 1. The van der Waals surface area contributed by atoms with E-state index in [1.54, 1.807) is 0 Å². The van der Waals surface area contributed by atoms with Gasteiger partial charge in [0.25, 0.3) is 0 Å². The van der Waals surface area contributed by atoms with Crippen molar-refractivity contribution >= 4 is 34.5 Å². The fourth-order valence-electron chi connectivity index (χ4n) is 3.47. The molecule has 2 heterocycles. The van der Waals surface area contributed by atoms with Crippen molar-refractivity contribution in [3.05, 3.63) is 28.8 Å². The van der Waals surface area contributed by atoms with Crippen LogP contribution in [-0.4, -0.2) is 28.3 Å². The molecule has 1 aromatic rings. The van der Waals surface area contributed by atoms with Gasteiger partial charge < -0.3 is 15.7 Å². The summed E-state index contributed by atoms with van der Waals surface area (Å²) in [6, 6.07) is 6.50. The van der Waals surface area contributed by atoms with E-state index in [0.717, 1.165) is 36.9 Å². The zero-order valence-corrected chi connectivity index (χ0v) is 12.1. The summed E-state index contributed by atoms with van der Waals surface area (Å²) in [6.07, 6.45) is 3.74. The van der Waals surface area contributed by atoms with E-state index in [0.29, 0.717) is 22.1 Å². The van der Waals surface area contributed by atoms with E-state index in [2.05, 4.69) is 4.90 Å². The summed E-state index contributed by atoms with van der Waals surface area (Å²) in [5.74, 6) is 0. The minimum Gasteiger partial charge on any atom is -0.393 e. The minimum absolute atomic E-state index is 0.172. The molecule has 2 saturated heterocycles. The summed E-state index contributed by atoms with van der Waals surface area (Å²) in [7, 11) is 0. The lowest BCUT2D eigenvalue weighted by atomic mass is 9.98. The van der Waals surface area contributed by atoms with Gasteiger partial charge in [-0.2, -0.15) is 0 Å². The molecule has 5 heteroatoms. The topological polar surface area (TPSA) is 49.5 Å². The maximum Gasteiger partial charge on any atom is 0.106 e. The van der Waals surface area contributed by atoms with E-state index in [1.165, 1.54) is 0 Å². The molecule has 2 unspecified atom stereocenters. The first-order chi connectivity index (χ1) is 9.06. The lowest BCUT2D eigenvalue weighted by molar-refractivity contribution is 0.126. The van der Waals surface area contributed by atoms with Gasteiger partial charge >= 0.3 is 0 Å². The Kier molecular flexibility index (Phi) is 3.41. The quantitative estimate of drug-likeness (QED) is 0.823. The lowest BCUT2D eigenvalue weighted by Crippen LogP contribution is -2.45. The molecular formula is C14H17ClN2OS. The monoisotopic (exact) mass is 296 g/mol. The highest BCUT2D eigenvalue weighted by Crippen LogP contribution is 2.41. The predicted molar refractivity (Wildman–Crippen MR) is 81.9 cm³/mol. The number of hydrogen-bond acceptors (Lipinski definition) is 3. The van der Waals surface area contributed by atoms with E-state index in [1.807, 2.05) is 18.2 Å². The molecule has 0 aromatic heterocycles. The first-order valence-electron chi connectivity index (χ1n) is 6.62. The summed E-state index contributed by atoms with van der Waals surface area (Å²) in [4.78, 5) is 2.76. The number of thiocarbonyl (C=S) groups is 1. The van der Waals surface area contributed by atoms with E-state index in [4.69, 9.17) is 29.6 Å². The Morgan fingerprint density at radius 3 is 2.53 bits per heavy atom. The number of fused-ring (bicyclic) bond motifs is 2. The SMILES string of the molecule is NC(=S)c1cc(Cl)ccc1N1C2CCC1CC(O)C2. The van der Waals surface area contributed by atoms with Crippen LogP contribution in [0.4, 0.5) is 5.69 Å². The smallest absolute Gasteiger partial charge is 0.106 e. The van der Waals surface area contributed by atoms with Gasteiger partial charge in [0, 0.05) is 28.4 Å². The van der Waals surface area contributed by atoms with Crippen LogP contribution in [0.25, 0.3) is 0 Å². The third-order valence-corrected chi connectivity index (χ3v) is 4.67. The Balaban J connectivity index is 2.01. The standard InChI is InChI=1S/C14H17ClN2OS/c15-8-1-4-13(12(5-8)14(16)19)17-9-2-3-10(17)7-11(18)6-9/h1,4-5,9-11,18H,2-3,6-7H2,(H2,16,19). The number of piperidine rings is 1. The zero-order chi connectivity index (χ0) is 13.6. The van der Waals surface area contributed by atoms with Crippen LogP contribution in [-0.2, 0) is 0 Å². The molecule has 3 N–H and O–H groups in total. The second-order valence-electron chi connectivity index (χ2n) is 5.44. The molecule has 102 valence electrons. The molecule has 2 fully saturated rings. The fourth-order valence-corrected chi connectivity index (χ4v) is 3.81. The second kappa shape index (κ2) is 4.93. The second-order valence-corrected chi connectivity index (χ2v) is 6.32. The third kappa shape index (κ3) is 2.33. The van der Waals surface area contributed by atoms with Crippen molar-refractivity contribution in [2.45, 2.75) is 43.9 Å². The summed E-state index contributed by atoms with van der Waals surface area (Å²) >= 11 is 11.2. The molecule has 3 rings (SSSR count). The van der Waals surface area contributed by atoms with E-state index in [9.17, 15) is 5.11 Å². The highest BCUT2D eigenvalue weighted by Gasteiger charge is 2.41. The minimum atomic E-state index is -0.172. The van der Waals surface area contributed by atoms with Crippen molar-refractivity contribution < 1.29 is 5.11 Å². The van der Waals surface area contributed by atoms with Gasteiger partial charge in [-0.3, -0.25) is 0 Å². The van der Waals surface area contributed by atoms with Gasteiger partial charge in [0.15, 0.2) is 0 Å². The van der Waals surface area contributed by atoms with Gasteiger partial charge in [0.2, 0.25) is 0 Å². The number of hydrogen-bond donors (Lipinski definition) is 2. The Labute approximate surface area is 123 Å². The van der Waals surface area contributed by atoms with Gasteiger partial charge in [0.1, 0.15) is 4.99 Å². The van der Waals surface area contributed by atoms with Crippen molar-refractivity contribution in [3.63, 3.8) is 0 Å². The number of benzene rings is 1. The highest BCUT2D eigenvalue weighted by atomic mass is 35.5. The molecule has 3 nitrogen and oxygen atoms in total. The number of anilines is 1. The molecule has 2 aliphatic heterocycles. The molecular weight excluding hydrogens is 280 g/mol. The molecule has 19 heavy (non-hydrogen) atoms. The maximum atomic E-state index is 9.88. The summed E-state index contributed by atoms with van der Waals surface area (Å²) in [5, 5.41) is 10.5. The molecule has 2 bridgehead atoms. The number of nitrogens with zero attached hydrogens (tertiary/aromatic N) is 1. The number of nitrogens with two attached hydrogens (primary N) is 1. The summed E-state index contributed by atoms with van der Waals surface area (Å²) < 4.78 is 0. The van der Waals surface area contributed by atoms with Crippen LogP contribution >= 0.6 is 23.8 Å². The van der Waals surface area contributed by atoms with E-state index < -0.39 is 0 Å². The first kappa shape index (κ1) is 13.2. The predicted octanol–water partition coefficient (Wildman–Crippen LogP) is 2.47. The van der Waals surface area contributed by atoms with E-state index >= 15 is 0 Å². The van der Waals surface area contributed by atoms with Crippen LogP contribution in [0.1, 0.15) is 31.2 Å². The van der Waals surface area contributed by atoms with Crippen LogP contribution < -0.4 is 10.6 Å². The van der Waals surface area contributed by atoms with Gasteiger partial charge in [-0.15, -0.1) is 0 Å². The number of halogens is 1. The van der Waals surface area contributed by atoms with Gasteiger partial charge in [-0.05, 0) is 43.9 Å². The summed E-state index contributed by atoms with van der Waals surface area (Å²) in [5.41, 5.74) is 7.73. The molecule has 0 aliphatic carbocycles. The van der Waals surface area contributed by atoms with Crippen LogP contribution in [0.2, 0.25) is 5.02 Å². The van der Waals surface area contributed by atoms with Gasteiger partial charge in [0.05, 0.1) is 6.10 Å². The number of rotatable bonds is 2. The molecule has 0 amide bonds. The Morgan fingerprint density at radius 1 is 1.32 bits per heavy atom. The van der Waals surface area contributed by atoms with Gasteiger partial charge in [-0.25, -0.2) is 0 Å². The molecule has 2 aliphatic rings. The van der Waals surface area contributed by atoms with Crippen LogP contribution in [0.15, 0.2) is 18.2 Å². The van der Waals surface area contributed by atoms with Crippen molar-refractivity contribution in [2.24, 2.45) is 5.73 Å². The van der Waals surface area contributed by atoms with Crippen LogP contribution in [0.5, 0.6) is 0 Å². The Bertz CT molecular complexity index is 508. The van der Waals surface area contributed by atoms with Crippen molar-refractivity contribution in [2.75, 3.05) is 4.90 Å². The fraction of sp³-hybridized carbons (Fsp3) is 0.500. The average Bonchev–Trinajstić information content (AvgIpc) is 2.62. The molecule has 1 aromatic carbocycles. The molecule has 0 radical (unpaired) electrons. The van der Waals surface area contributed by atoms with Crippen molar-refractivity contribution in [1.82, 2.24) is 0 Å². The Morgan fingerprint density at radius 2 is 1.95 bits per heavy atom. The van der Waals surface area contributed by atoms with Crippen LogP contribution in [0.3, 0.4) is 0 Å². The molecule has 0 saturated carbocycles. The van der Waals surface area contributed by atoms with Gasteiger partial charge in [-0.1, -0.05) is 23.8 Å². The van der Waals surface area contributed by atoms with Crippen molar-refractivity contribution in [1.29, 1.82) is 0 Å². The molecule has 2 atom stereocenters. The zero-order valence-electron chi connectivity index (χ0n) is 10.6. The molecule has 0 spiro atoms.